The zero-order valence-corrected chi connectivity index (χ0v) is 9.20. The maximum atomic E-state index is 3.23. The molecule has 78 valence electrons. The van der Waals surface area contributed by atoms with E-state index in [9.17, 15) is 0 Å². The minimum atomic E-state index is 1.18. The van der Waals surface area contributed by atoms with E-state index in [0.717, 1.165) is 0 Å². The van der Waals surface area contributed by atoms with E-state index in [1.807, 2.05) is 7.05 Å². The summed E-state index contributed by atoms with van der Waals surface area (Å²) in [5.74, 6) is 0. The Labute approximate surface area is 94.7 Å². The third-order valence-corrected chi connectivity index (χ3v) is 3.02. The maximum Gasteiger partial charge on any atom is 0.0417 e. The van der Waals surface area contributed by atoms with Crippen LogP contribution in [0.1, 0.15) is 0 Å². The first-order chi connectivity index (χ1) is 7.88. The largest absolute Gasteiger partial charge is 0.388 e. The Morgan fingerprint density at radius 3 is 2.19 bits per heavy atom. The maximum absolute atomic E-state index is 3.23. The summed E-state index contributed by atoms with van der Waals surface area (Å²) in [7, 11) is 1.96. The van der Waals surface area contributed by atoms with Crippen LogP contribution in [0.2, 0.25) is 0 Å². The van der Waals surface area contributed by atoms with Gasteiger partial charge in [0.25, 0.3) is 0 Å². The van der Waals surface area contributed by atoms with Crippen molar-refractivity contribution >= 4 is 27.2 Å². The second-order valence-electron chi connectivity index (χ2n) is 3.98. The van der Waals surface area contributed by atoms with E-state index < -0.39 is 0 Å². The predicted octanol–water partition coefficient (Wildman–Crippen LogP) is 4.03. The second kappa shape index (κ2) is 3.53. The number of hydrogen-bond acceptors (Lipinski definition) is 1. The molecule has 0 saturated heterocycles. The summed E-state index contributed by atoms with van der Waals surface area (Å²) in [6.07, 6.45) is 0. The molecule has 0 amide bonds. The summed E-state index contributed by atoms with van der Waals surface area (Å²) in [6.45, 7) is 0. The molecule has 3 aromatic rings. The first-order valence-corrected chi connectivity index (χ1v) is 5.48. The summed E-state index contributed by atoms with van der Waals surface area (Å²) in [4.78, 5) is 0. The van der Waals surface area contributed by atoms with Crippen LogP contribution in [-0.2, 0) is 0 Å². The van der Waals surface area contributed by atoms with Crippen LogP contribution < -0.4 is 5.32 Å². The lowest BCUT2D eigenvalue weighted by molar-refractivity contribution is 1.55. The topological polar surface area (TPSA) is 12.0 Å². The van der Waals surface area contributed by atoms with Gasteiger partial charge in [-0.25, -0.2) is 0 Å². The van der Waals surface area contributed by atoms with Gasteiger partial charge >= 0.3 is 0 Å². The lowest BCUT2D eigenvalue weighted by atomic mass is 10.0. The summed E-state index contributed by atoms with van der Waals surface area (Å²) >= 11 is 0. The molecule has 1 N–H and O–H groups in total. The minimum absolute atomic E-state index is 1.18. The van der Waals surface area contributed by atoms with Gasteiger partial charge in [0.2, 0.25) is 0 Å². The number of nitrogens with one attached hydrogen (secondary N) is 1. The fourth-order valence-electron chi connectivity index (χ4n) is 2.18. The average molecular weight is 207 g/mol. The Kier molecular flexibility index (Phi) is 2.03. The molecule has 0 unspecified atom stereocenters. The smallest absolute Gasteiger partial charge is 0.0417 e. The quantitative estimate of drug-likeness (QED) is 0.594. The lowest BCUT2D eigenvalue weighted by Gasteiger charge is -2.07. The molecular formula is C15H13N. The molecule has 0 spiro atoms. The van der Waals surface area contributed by atoms with Crippen LogP contribution in [0.25, 0.3) is 21.5 Å². The van der Waals surface area contributed by atoms with Gasteiger partial charge in [0, 0.05) is 18.1 Å². The molecule has 0 aliphatic rings. The van der Waals surface area contributed by atoms with E-state index in [4.69, 9.17) is 0 Å². The van der Waals surface area contributed by atoms with Crippen molar-refractivity contribution in [3.05, 3.63) is 54.6 Å². The van der Waals surface area contributed by atoms with E-state index in [-0.39, 0.29) is 0 Å². The molecule has 16 heavy (non-hydrogen) atoms. The summed E-state index contributed by atoms with van der Waals surface area (Å²) < 4.78 is 0. The molecule has 0 aliphatic carbocycles. The third kappa shape index (κ3) is 1.33. The molecule has 0 heterocycles. The number of rotatable bonds is 1. The van der Waals surface area contributed by atoms with Crippen LogP contribution in [0.3, 0.4) is 0 Å². The molecule has 0 radical (unpaired) electrons. The van der Waals surface area contributed by atoms with E-state index >= 15 is 0 Å². The van der Waals surface area contributed by atoms with Crippen molar-refractivity contribution in [2.75, 3.05) is 12.4 Å². The molecule has 0 aromatic heterocycles. The molecule has 0 saturated carbocycles. The van der Waals surface area contributed by atoms with Crippen molar-refractivity contribution in [3.8, 4) is 0 Å². The van der Waals surface area contributed by atoms with Crippen LogP contribution in [-0.4, -0.2) is 7.05 Å². The molecule has 0 fully saturated rings. The van der Waals surface area contributed by atoms with Crippen molar-refractivity contribution in [3.63, 3.8) is 0 Å². The normalized spacial score (nSPS) is 10.8. The predicted molar refractivity (Wildman–Crippen MR) is 71.0 cm³/mol. The highest BCUT2D eigenvalue weighted by atomic mass is 14.8. The van der Waals surface area contributed by atoms with Gasteiger partial charge < -0.3 is 5.32 Å². The van der Waals surface area contributed by atoms with Crippen LogP contribution in [0, 0.1) is 0 Å². The Morgan fingerprint density at radius 1 is 0.750 bits per heavy atom. The fourth-order valence-corrected chi connectivity index (χ4v) is 2.18. The highest BCUT2D eigenvalue weighted by molar-refractivity contribution is 6.03. The van der Waals surface area contributed by atoms with Crippen molar-refractivity contribution in [1.29, 1.82) is 0 Å². The van der Waals surface area contributed by atoms with Crippen molar-refractivity contribution < 1.29 is 0 Å². The van der Waals surface area contributed by atoms with Gasteiger partial charge in [-0.3, -0.25) is 0 Å². The van der Waals surface area contributed by atoms with Gasteiger partial charge in [0.05, 0.1) is 0 Å². The Bertz CT molecular complexity index is 656. The number of anilines is 1. The SMILES string of the molecule is CNc1cccc2cc3ccccc3cc12. The van der Waals surface area contributed by atoms with E-state index in [1.54, 1.807) is 0 Å². The van der Waals surface area contributed by atoms with E-state index in [0.29, 0.717) is 0 Å². The van der Waals surface area contributed by atoms with Gasteiger partial charge in [0.1, 0.15) is 0 Å². The van der Waals surface area contributed by atoms with Gasteiger partial charge in [-0.1, -0.05) is 36.4 Å². The first-order valence-electron chi connectivity index (χ1n) is 5.48. The molecule has 0 bridgehead atoms. The van der Waals surface area contributed by atoms with Crippen LogP contribution in [0.15, 0.2) is 54.6 Å². The van der Waals surface area contributed by atoms with Crippen LogP contribution in [0.5, 0.6) is 0 Å². The van der Waals surface area contributed by atoms with Crippen molar-refractivity contribution in [1.82, 2.24) is 0 Å². The van der Waals surface area contributed by atoms with Crippen molar-refractivity contribution in [2.24, 2.45) is 0 Å². The molecule has 1 nitrogen and oxygen atoms in total. The first kappa shape index (κ1) is 9.22. The molecule has 0 aliphatic heterocycles. The number of hydrogen-bond donors (Lipinski definition) is 1. The molecule has 3 rings (SSSR count). The molecule has 1 heteroatoms. The fraction of sp³-hybridized carbons (Fsp3) is 0.0667. The summed E-state index contributed by atoms with van der Waals surface area (Å²) in [5.41, 5.74) is 1.18. The van der Waals surface area contributed by atoms with E-state index in [2.05, 4.69) is 59.9 Å². The number of fused-ring (bicyclic) bond motifs is 2. The van der Waals surface area contributed by atoms with Gasteiger partial charge in [-0.2, -0.15) is 0 Å². The summed E-state index contributed by atoms with van der Waals surface area (Å²) in [6, 6.07) is 19.3. The van der Waals surface area contributed by atoms with Crippen LogP contribution in [0.4, 0.5) is 5.69 Å². The van der Waals surface area contributed by atoms with Gasteiger partial charge in [-0.05, 0) is 34.4 Å². The van der Waals surface area contributed by atoms with Gasteiger partial charge in [-0.15, -0.1) is 0 Å². The zero-order valence-electron chi connectivity index (χ0n) is 9.20. The van der Waals surface area contributed by atoms with Crippen LogP contribution >= 0.6 is 0 Å². The highest BCUT2D eigenvalue weighted by Crippen LogP contribution is 2.27. The minimum Gasteiger partial charge on any atom is -0.388 e. The van der Waals surface area contributed by atoms with Gasteiger partial charge in [0.15, 0.2) is 0 Å². The molecule has 0 atom stereocenters. The average Bonchev–Trinajstić information content (AvgIpc) is 2.35. The Morgan fingerprint density at radius 2 is 1.44 bits per heavy atom. The highest BCUT2D eigenvalue weighted by Gasteiger charge is 2.00. The zero-order chi connectivity index (χ0) is 11.0. The second-order valence-corrected chi connectivity index (χ2v) is 3.98. The monoisotopic (exact) mass is 207 g/mol. The third-order valence-electron chi connectivity index (χ3n) is 3.02. The Balaban J connectivity index is 2.46. The summed E-state index contributed by atoms with van der Waals surface area (Å²) in [5, 5.41) is 8.38. The Hall–Kier alpha value is -2.02. The van der Waals surface area contributed by atoms with Crippen molar-refractivity contribution in [2.45, 2.75) is 0 Å². The molecular weight excluding hydrogens is 194 g/mol. The molecule has 3 aromatic carbocycles. The number of benzene rings is 3. The van der Waals surface area contributed by atoms with E-state index in [1.165, 1.54) is 27.2 Å². The standard InChI is InChI=1S/C15H13N/c1-16-15-8-4-7-13-9-11-5-2-3-6-12(11)10-14(13)15/h2-10,16H,1H3. The lowest BCUT2D eigenvalue weighted by Crippen LogP contribution is -1.88.